The van der Waals surface area contributed by atoms with Crippen molar-refractivity contribution in [3.63, 3.8) is 0 Å². The van der Waals surface area contributed by atoms with E-state index in [9.17, 15) is 31.9 Å². The minimum Gasteiger partial charge on any atom is -0.374 e. The van der Waals surface area contributed by atoms with E-state index in [0.29, 0.717) is 29.3 Å². The van der Waals surface area contributed by atoms with Gasteiger partial charge in [0.2, 0.25) is 0 Å². The van der Waals surface area contributed by atoms with Crippen molar-refractivity contribution in [1.29, 1.82) is 0 Å². The maximum Gasteiger partial charge on any atom is 0.456 e. The molecule has 0 spiro atoms. The highest BCUT2D eigenvalue weighted by atomic mass is 35.5. The van der Waals surface area contributed by atoms with E-state index in [1.807, 2.05) is 18.2 Å². The Morgan fingerprint density at radius 3 is 2.02 bits per heavy atom. The number of piperidine rings is 2. The summed E-state index contributed by atoms with van der Waals surface area (Å²) in [5, 5.41) is 10.8. The number of amides is 1. The molecule has 2 aliphatic rings. The molecule has 4 rings (SSSR count). The smallest absolute Gasteiger partial charge is 0.374 e. The lowest BCUT2D eigenvalue weighted by molar-refractivity contribution is -0.306. The van der Waals surface area contributed by atoms with Gasteiger partial charge in [-0.3, -0.25) is 9.69 Å². The highest BCUT2D eigenvalue weighted by Gasteiger charge is 2.73. The van der Waals surface area contributed by atoms with Crippen molar-refractivity contribution >= 4 is 23.2 Å². The number of alkyl halides is 5. The minimum atomic E-state index is -6.00. The Hall–Kier alpha value is -2.47. The highest BCUT2D eigenvalue weighted by molar-refractivity contribution is 6.31. The Morgan fingerprint density at radius 2 is 1.52 bits per heavy atom. The van der Waals surface area contributed by atoms with Crippen LogP contribution in [0.15, 0.2) is 48.5 Å². The predicted octanol–water partition coefficient (Wildman–Crippen LogP) is 5.79. The molecule has 2 fully saturated rings. The molecule has 6 nitrogen and oxygen atoms in total. The van der Waals surface area contributed by atoms with E-state index < -0.39 is 35.3 Å². The number of hydrogen-bond donors (Lipinski definition) is 2. The van der Waals surface area contributed by atoms with Gasteiger partial charge in [-0.25, -0.2) is 0 Å². The van der Waals surface area contributed by atoms with Crippen molar-refractivity contribution in [2.45, 2.75) is 56.0 Å². The number of rotatable bonds is 8. The Bertz CT molecular complexity index is 1220. The van der Waals surface area contributed by atoms with Crippen molar-refractivity contribution in [2.75, 3.05) is 45.2 Å². The maximum absolute atomic E-state index is 14.8. The number of carbonyl (C=O) groups is 1. The van der Waals surface area contributed by atoms with E-state index in [0.717, 1.165) is 55.1 Å². The van der Waals surface area contributed by atoms with Gasteiger partial charge in [0.1, 0.15) is 6.23 Å². The highest BCUT2D eigenvalue weighted by Crippen LogP contribution is 2.48. The van der Waals surface area contributed by atoms with Gasteiger partial charge in [0, 0.05) is 42.5 Å². The minimum absolute atomic E-state index is 0.0751. The van der Waals surface area contributed by atoms with Crippen LogP contribution in [0.25, 0.3) is 0 Å². The monoisotopic (exact) mass is 616 g/mol. The zero-order chi connectivity index (χ0) is 30.9. The number of hydrogen-bond acceptors (Lipinski definition) is 5. The van der Waals surface area contributed by atoms with Gasteiger partial charge in [0.15, 0.2) is 5.54 Å². The molecule has 12 heteroatoms. The number of nitrogens with two attached hydrogens (primary N) is 1. The molecule has 0 saturated carbocycles. The van der Waals surface area contributed by atoms with E-state index in [4.69, 9.17) is 17.3 Å². The molecule has 0 bridgehead atoms. The van der Waals surface area contributed by atoms with Crippen LogP contribution < -0.4 is 10.6 Å². The molecule has 232 valence electrons. The third kappa shape index (κ3) is 6.39. The Kier molecular flexibility index (Phi) is 9.76. The second-order valence-corrected chi connectivity index (χ2v) is 12.1. The average Bonchev–Trinajstić information content (AvgIpc) is 2.96. The molecular formula is C30H38ClF5N4O2. The zero-order valence-corrected chi connectivity index (χ0v) is 24.5. The van der Waals surface area contributed by atoms with Crippen LogP contribution in [0.2, 0.25) is 5.02 Å². The largest absolute Gasteiger partial charge is 0.456 e. The summed E-state index contributed by atoms with van der Waals surface area (Å²) < 4.78 is 70.0. The number of carbonyl (C=O) groups excluding carboxylic acids is 1. The van der Waals surface area contributed by atoms with Crippen LogP contribution in [0, 0.1) is 11.8 Å². The summed E-state index contributed by atoms with van der Waals surface area (Å²) in [7, 11) is 3.54. The van der Waals surface area contributed by atoms with Crippen molar-refractivity contribution in [3.8, 4) is 0 Å². The SMILES string of the molecule is CN(C)C(O)c1ccc(N2CCC(CC3CCN(C(=O)C(N)(c4ccccc4)C(F)(F)C(F)(F)F)CC3)CC2)cc1Cl. The van der Waals surface area contributed by atoms with Crippen molar-refractivity contribution < 1.29 is 31.9 Å². The average molecular weight is 617 g/mol. The summed E-state index contributed by atoms with van der Waals surface area (Å²) in [4.78, 5) is 18.3. The first-order valence-corrected chi connectivity index (χ1v) is 14.5. The van der Waals surface area contributed by atoms with Gasteiger partial charge in [-0.05, 0) is 75.7 Å². The van der Waals surface area contributed by atoms with Gasteiger partial charge in [-0.1, -0.05) is 48.0 Å². The fourth-order valence-corrected chi connectivity index (χ4v) is 6.36. The topological polar surface area (TPSA) is 73.0 Å². The fourth-order valence-electron chi connectivity index (χ4n) is 6.08. The van der Waals surface area contributed by atoms with Gasteiger partial charge in [-0.2, -0.15) is 22.0 Å². The second-order valence-electron chi connectivity index (χ2n) is 11.7. The lowest BCUT2D eigenvalue weighted by Crippen LogP contribution is -2.68. The first-order valence-electron chi connectivity index (χ1n) is 14.1. The molecule has 0 radical (unpaired) electrons. The third-order valence-electron chi connectivity index (χ3n) is 8.72. The molecule has 0 aromatic heterocycles. The standard InChI is InChI=1S/C30H38ClF5N4O2/c1-38(2)26(41)24-9-8-23(19-25(24)31)39-14-10-20(11-15-39)18-21-12-16-40(17-13-21)27(42)28(37,22-6-4-3-5-7-22)29(32,33)30(34,35)36/h3-9,19-21,26,41H,10-18,37H2,1-2H3. The molecule has 3 N–H and O–H groups in total. The lowest BCUT2D eigenvalue weighted by Gasteiger charge is -2.43. The second kappa shape index (κ2) is 12.6. The molecule has 42 heavy (non-hydrogen) atoms. The van der Waals surface area contributed by atoms with E-state index >= 15 is 0 Å². The fraction of sp³-hybridized carbons (Fsp3) is 0.567. The van der Waals surface area contributed by atoms with Crippen LogP contribution >= 0.6 is 11.6 Å². The van der Waals surface area contributed by atoms with Crippen LogP contribution in [-0.2, 0) is 10.3 Å². The van der Waals surface area contributed by atoms with Crippen LogP contribution in [0.1, 0.15) is 49.5 Å². The Labute approximate surface area is 248 Å². The van der Waals surface area contributed by atoms with Crippen LogP contribution in [0.4, 0.5) is 27.6 Å². The Balaban J connectivity index is 1.33. The van der Waals surface area contributed by atoms with E-state index in [1.165, 1.54) is 18.2 Å². The Morgan fingerprint density at radius 1 is 0.976 bits per heavy atom. The molecule has 2 saturated heterocycles. The van der Waals surface area contributed by atoms with Crippen LogP contribution in [-0.4, -0.2) is 73.2 Å². The van der Waals surface area contributed by atoms with Crippen molar-refractivity contribution in [3.05, 3.63) is 64.7 Å². The normalized spacial score (nSPS) is 20.1. The summed E-state index contributed by atoms with van der Waals surface area (Å²) >= 11 is 6.44. The molecule has 2 aliphatic heterocycles. The number of likely N-dealkylation sites (tertiary alicyclic amines) is 1. The molecule has 2 heterocycles. The molecular weight excluding hydrogens is 579 g/mol. The number of anilines is 1. The summed E-state index contributed by atoms with van der Waals surface area (Å²) in [6.45, 7) is 1.80. The van der Waals surface area contributed by atoms with Gasteiger partial charge in [0.25, 0.3) is 5.91 Å². The van der Waals surface area contributed by atoms with Crippen molar-refractivity contribution in [1.82, 2.24) is 9.80 Å². The molecule has 1 amide bonds. The first kappa shape index (κ1) is 32.4. The number of halogens is 6. The van der Waals surface area contributed by atoms with Gasteiger partial charge >= 0.3 is 12.1 Å². The van der Waals surface area contributed by atoms with E-state index in [-0.39, 0.29) is 19.0 Å². The summed E-state index contributed by atoms with van der Waals surface area (Å²) in [6.07, 6.45) is -2.98. The van der Waals surface area contributed by atoms with Gasteiger partial charge in [0.05, 0.1) is 0 Å². The number of benzene rings is 2. The van der Waals surface area contributed by atoms with Gasteiger partial charge < -0.3 is 20.6 Å². The van der Waals surface area contributed by atoms with Crippen LogP contribution in [0.3, 0.4) is 0 Å². The molecule has 2 unspecified atom stereocenters. The lowest BCUT2D eigenvalue weighted by atomic mass is 9.80. The van der Waals surface area contributed by atoms with E-state index in [2.05, 4.69) is 4.90 Å². The molecule has 2 atom stereocenters. The van der Waals surface area contributed by atoms with Gasteiger partial charge in [-0.15, -0.1) is 0 Å². The molecule has 2 aromatic rings. The summed E-state index contributed by atoms with van der Waals surface area (Å²) in [5.41, 5.74) is 3.26. The van der Waals surface area contributed by atoms with Crippen LogP contribution in [0.5, 0.6) is 0 Å². The number of nitrogens with zero attached hydrogens (tertiary/aromatic N) is 3. The molecule has 2 aromatic carbocycles. The number of aliphatic hydroxyl groups is 1. The maximum atomic E-state index is 14.8. The zero-order valence-electron chi connectivity index (χ0n) is 23.8. The van der Waals surface area contributed by atoms with Crippen molar-refractivity contribution in [2.24, 2.45) is 17.6 Å². The number of aliphatic hydroxyl groups excluding tert-OH is 1. The summed E-state index contributed by atoms with van der Waals surface area (Å²) in [6, 6.07) is 11.8. The molecule has 0 aliphatic carbocycles. The first-order chi connectivity index (χ1) is 19.7. The summed E-state index contributed by atoms with van der Waals surface area (Å²) in [5.74, 6) is -6.20. The van der Waals surface area contributed by atoms with E-state index in [1.54, 1.807) is 19.0 Å². The quantitative estimate of drug-likeness (QED) is 0.290. The third-order valence-corrected chi connectivity index (χ3v) is 9.04. The predicted molar refractivity (Wildman–Crippen MR) is 152 cm³/mol.